The van der Waals surface area contributed by atoms with Crippen molar-refractivity contribution in [3.8, 4) is 0 Å². The van der Waals surface area contributed by atoms with E-state index >= 15 is 0 Å². The molecule has 1 aliphatic heterocycles. The van der Waals surface area contributed by atoms with Gasteiger partial charge in [-0.25, -0.2) is 4.79 Å². The van der Waals surface area contributed by atoms with Crippen molar-refractivity contribution >= 4 is 41.1 Å². The Hall–Kier alpha value is -2.61. The van der Waals surface area contributed by atoms with Gasteiger partial charge in [0.25, 0.3) is 11.8 Å². The van der Waals surface area contributed by atoms with Crippen LogP contribution in [0.2, 0.25) is 5.02 Å². The number of hydrogen-bond donors (Lipinski definition) is 2. The van der Waals surface area contributed by atoms with Crippen LogP contribution >= 0.6 is 11.6 Å². The van der Waals surface area contributed by atoms with E-state index in [9.17, 15) is 19.2 Å². The summed E-state index contributed by atoms with van der Waals surface area (Å²) in [6.45, 7) is 4.47. The maximum absolute atomic E-state index is 12.0. The second kappa shape index (κ2) is 7.74. The van der Waals surface area contributed by atoms with Gasteiger partial charge in [0, 0.05) is 17.3 Å². The fourth-order valence-electron chi connectivity index (χ4n) is 2.31. The molecule has 9 heteroatoms. The topological polar surface area (TPSA) is 105 Å². The third-order valence-corrected chi connectivity index (χ3v) is 4.03. The zero-order valence-corrected chi connectivity index (χ0v) is 15.4. The van der Waals surface area contributed by atoms with Gasteiger partial charge in [-0.1, -0.05) is 11.6 Å². The Kier molecular flexibility index (Phi) is 5.86. The van der Waals surface area contributed by atoms with Crippen molar-refractivity contribution < 1.29 is 23.9 Å². The number of amides is 4. The van der Waals surface area contributed by atoms with Crippen LogP contribution < -0.4 is 10.6 Å². The number of nitrogens with one attached hydrogen (secondary N) is 2. The number of carbonyl (C=O) groups is 4. The average Bonchev–Trinajstić information content (AvgIpc) is 2.75. The molecular weight excluding hydrogens is 362 g/mol. The van der Waals surface area contributed by atoms with Crippen LogP contribution in [0.1, 0.15) is 27.2 Å². The van der Waals surface area contributed by atoms with Crippen LogP contribution in [0.15, 0.2) is 24.3 Å². The van der Waals surface area contributed by atoms with Gasteiger partial charge < -0.3 is 15.4 Å². The van der Waals surface area contributed by atoms with Crippen molar-refractivity contribution in [2.24, 2.45) is 0 Å². The SMILES string of the molecule is C[C@H](OC(=O)CCN1C(=O)NC(C)(C)C1=O)C(=O)Nc1ccc(Cl)cc1. The van der Waals surface area contributed by atoms with E-state index in [0.29, 0.717) is 10.7 Å². The fraction of sp³-hybridized carbons (Fsp3) is 0.412. The highest BCUT2D eigenvalue weighted by atomic mass is 35.5. The maximum atomic E-state index is 12.0. The predicted octanol–water partition coefficient (Wildman–Crippen LogP) is 1.93. The van der Waals surface area contributed by atoms with Gasteiger partial charge in [0.2, 0.25) is 0 Å². The van der Waals surface area contributed by atoms with Crippen LogP contribution in [-0.4, -0.2) is 46.9 Å². The van der Waals surface area contributed by atoms with E-state index in [1.54, 1.807) is 38.1 Å². The lowest BCUT2D eigenvalue weighted by atomic mass is 10.1. The van der Waals surface area contributed by atoms with Crippen molar-refractivity contribution in [3.05, 3.63) is 29.3 Å². The van der Waals surface area contributed by atoms with E-state index in [4.69, 9.17) is 16.3 Å². The molecule has 8 nitrogen and oxygen atoms in total. The van der Waals surface area contributed by atoms with Crippen LogP contribution in [0.5, 0.6) is 0 Å². The molecule has 0 unspecified atom stereocenters. The van der Waals surface area contributed by atoms with Crippen molar-refractivity contribution in [1.29, 1.82) is 0 Å². The van der Waals surface area contributed by atoms with Crippen molar-refractivity contribution in [2.75, 3.05) is 11.9 Å². The lowest BCUT2D eigenvalue weighted by molar-refractivity contribution is -0.153. The Morgan fingerprint density at radius 1 is 1.27 bits per heavy atom. The Morgan fingerprint density at radius 3 is 2.42 bits per heavy atom. The third kappa shape index (κ3) is 4.72. The molecule has 1 saturated heterocycles. The number of benzene rings is 1. The first-order valence-electron chi connectivity index (χ1n) is 8.00. The Labute approximate surface area is 155 Å². The summed E-state index contributed by atoms with van der Waals surface area (Å²) < 4.78 is 5.04. The van der Waals surface area contributed by atoms with Gasteiger partial charge in [-0.05, 0) is 45.0 Å². The first-order chi connectivity index (χ1) is 12.1. The standard InChI is InChI=1S/C17H20ClN3O5/c1-10(14(23)19-12-6-4-11(18)5-7-12)26-13(22)8-9-21-15(24)17(2,3)20-16(21)25/h4-7,10H,8-9H2,1-3H3,(H,19,23)(H,20,25)/t10-/m0/s1. The Balaban J connectivity index is 1.81. The number of hydrogen-bond acceptors (Lipinski definition) is 5. The van der Waals surface area contributed by atoms with Gasteiger partial charge in [-0.15, -0.1) is 0 Å². The zero-order valence-electron chi connectivity index (χ0n) is 14.7. The van der Waals surface area contributed by atoms with E-state index in [0.717, 1.165) is 4.90 Å². The molecule has 2 rings (SSSR count). The molecule has 1 atom stereocenters. The number of rotatable bonds is 6. The first-order valence-corrected chi connectivity index (χ1v) is 8.38. The second-order valence-corrected chi connectivity index (χ2v) is 6.83. The number of carbonyl (C=O) groups excluding carboxylic acids is 4. The number of nitrogens with zero attached hydrogens (tertiary/aromatic N) is 1. The molecule has 1 fully saturated rings. The van der Waals surface area contributed by atoms with E-state index in [1.807, 2.05) is 0 Å². The Bertz CT molecular complexity index is 732. The molecule has 0 radical (unpaired) electrons. The molecular formula is C17H20ClN3O5. The van der Waals surface area contributed by atoms with Crippen LogP contribution in [0.4, 0.5) is 10.5 Å². The minimum Gasteiger partial charge on any atom is -0.452 e. The molecule has 140 valence electrons. The van der Waals surface area contributed by atoms with Gasteiger partial charge in [0.1, 0.15) is 5.54 Å². The van der Waals surface area contributed by atoms with Gasteiger partial charge in [0.05, 0.1) is 6.42 Å². The van der Waals surface area contributed by atoms with E-state index in [2.05, 4.69) is 10.6 Å². The maximum Gasteiger partial charge on any atom is 0.325 e. The van der Waals surface area contributed by atoms with Crippen molar-refractivity contribution in [3.63, 3.8) is 0 Å². The number of ether oxygens (including phenoxy) is 1. The van der Waals surface area contributed by atoms with Crippen molar-refractivity contribution in [1.82, 2.24) is 10.2 Å². The highest BCUT2D eigenvalue weighted by Gasteiger charge is 2.44. The minimum absolute atomic E-state index is 0.113. The molecule has 26 heavy (non-hydrogen) atoms. The summed E-state index contributed by atoms with van der Waals surface area (Å²) in [5.41, 5.74) is -0.476. The largest absolute Gasteiger partial charge is 0.452 e. The van der Waals surface area contributed by atoms with Crippen LogP contribution in [-0.2, 0) is 19.1 Å². The molecule has 1 aromatic rings. The molecule has 0 spiro atoms. The highest BCUT2D eigenvalue weighted by molar-refractivity contribution is 6.30. The minimum atomic E-state index is -1.03. The molecule has 0 bridgehead atoms. The lowest BCUT2D eigenvalue weighted by Crippen LogP contribution is -2.40. The second-order valence-electron chi connectivity index (χ2n) is 6.39. The van der Waals surface area contributed by atoms with Crippen LogP contribution in [0, 0.1) is 0 Å². The monoisotopic (exact) mass is 381 g/mol. The summed E-state index contributed by atoms with van der Waals surface area (Å²) in [4.78, 5) is 48.7. The smallest absolute Gasteiger partial charge is 0.325 e. The van der Waals surface area contributed by atoms with E-state index in [1.165, 1.54) is 6.92 Å². The summed E-state index contributed by atoms with van der Waals surface area (Å²) in [7, 11) is 0. The fourth-order valence-corrected chi connectivity index (χ4v) is 2.44. The van der Waals surface area contributed by atoms with Gasteiger partial charge in [-0.3, -0.25) is 19.3 Å². The van der Waals surface area contributed by atoms with Gasteiger partial charge >= 0.3 is 12.0 Å². The number of imide groups is 1. The summed E-state index contributed by atoms with van der Waals surface area (Å²) in [6.07, 6.45) is -1.23. The number of esters is 1. The first kappa shape index (κ1) is 19.7. The summed E-state index contributed by atoms with van der Waals surface area (Å²) >= 11 is 5.77. The zero-order chi connectivity index (χ0) is 19.5. The molecule has 0 aliphatic carbocycles. The van der Waals surface area contributed by atoms with Gasteiger partial charge in [-0.2, -0.15) is 0 Å². The van der Waals surface area contributed by atoms with Crippen LogP contribution in [0.3, 0.4) is 0 Å². The summed E-state index contributed by atoms with van der Waals surface area (Å²) in [5, 5.41) is 5.65. The number of urea groups is 1. The van der Waals surface area contributed by atoms with E-state index in [-0.39, 0.29) is 13.0 Å². The molecule has 0 aromatic heterocycles. The molecule has 4 amide bonds. The predicted molar refractivity (Wildman–Crippen MR) is 94.6 cm³/mol. The lowest BCUT2D eigenvalue weighted by Gasteiger charge is -2.17. The normalized spacial score (nSPS) is 16.8. The Morgan fingerprint density at radius 2 is 1.88 bits per heavy atom. The average molecular weight is 382 g/mol. The number of anilines is 1. The molecule has 1 heterocycles. The quantitative estimate of drug-likeness (QED) is 0.578. The van der Waals surface area contributed by atoms with E-state index < -0.39 is 35.5 Å². The number of halogens is 1. The summed E-state index contributed by atoms with van der Waals surface area (Å²) in [5.74, 6) is -1.60. The summed E-state index contributed by atoms with van der Waals surface area (Å²) in [6, 6.07) is 5.92. The molecule has 1 aromatic carbocycles. The highest BCUT2D eigenvalue weighted by Crippen LogP contribution is 2.17. The third-order valence-electron chi connectivity index (χ3n) is 3.77. The van der Waals surface area contributed by atoms with Crippen molar-refractivity contribution in [2.45, 2.75) is 38.8 Å². The van der Waals surface area contributed by atoms with Crippen LogP contribution in [0.25, 0.3) is 0 Å². The molecule has 0 saturated carbocycles. The van der Waals surface area contributed by atoms with Gasteiger partial charge in [0.15, 0.2) is 6.10 Å². The molecule has 2 N–H and O–H groups in total. The molecule has 1 aliphatic rings.